The monoisotopic (exact) mass is 464 g/mol. The maximum atomic E-state index is 12.4. The van der Waals surface area contributed by atoms with E-state index in [-0.39, 0.29) is 0 Å². The quantitative estimate of drug-likeness (QED) is 0.528. The first-order chi connectivity index (χ1) is 14.7. The van der Waals surface area contributed by atoms with Crippen LogP contribution in [-0.4, -0.2) is 52.4 Å². The Balaban J connectivity index is 0.000000451. The van der Waals surface area contributed by atoms with E-state index in [1.54, 1.807) is 0 Å². The number of aliphatic carboxylic acids is 1. The van der Waals surface area contributed by atoms with E-state index < -0.39 is 35.3 Å². The van der Waals surface area contributed by atoms with Crippen LogP contribution in [-0.2, 0) is 10.4 Å². The summed E-state index contributed by atoms with van der Waals surface area (Å²) in [6.45, 7) is 1.04. The molecule has 0 bridgehead atoms. The maximum absolute atomic E-state index is 12.4. The molecule has 1 aliphatic rings. The summed E-state index contributed by atoms with van der Waals surface area (Å²) in [5.41, 5.74) is -0.535. The summed E-state index contributed by atoms with van der Waals surface area (Å²) in [4.78, 5) is 25.9. The molecule has 1 aliphatic heterocycles. The molecule has 32 heavy (non-hydrogen) atoms. The number of halogens is 6. The molecule has 6 nitrogen and oxygen atoms in total. The van der Waals surface area contributed by atoms with Crippen molar-refractivity contribution in [1.82, 2.24) is 4.98 Å². The predicted octanol–water partition coefficient (Wildman–Crippen LogP) is 3.95. The van der Waals surface area contributed by atoms with Gasteiger partial charge >= 0.3 is 18.3 Å². The Morgan fingerprint density at radius 2 is 1.44 bits per heavy atom. The van der Waals surface area contributed by atoms with Crippen molar-refractivity contribution < 1.29 is 46.1 Å². The SMILES string of the molecule is O=C(O)C(F)(F)F.O=C(c1ccc(N2CCC(O)(c3ccccc3)CC2)nc1)C(F)(F)F. The van der Waals surface area contributed by atoms with E-state index in [0.717, 1.165) is 17.8 Å². The highest BCUT2D eigenvalue weighted by Gasteiger charge is 2.40. The molecule has 0 amide bonds. The number of aliphatic hydroxyl groups is 1. The topological polar surface area (TPSA) is 90.7 Å². The molecule has 2 heterocycles. The average Bonchev–Trinajstić information content (AvgIpc) is 2.74. The number of carboxylic acids is 1. The van der Waals surface area contributed by atoms with Crippen molar-refractivity contribution in [3.63, 3.8) is 0 Å². The summed E-state index contributed by atoms with van der Waals surface area (Å²) in [5, 5.41) is 17.9. The van der Waals surface area contributed by atoms with Gasteiger partial charge in [-0.1, -0.05) is 30.3 Å². The van der Waals surface area contributed by atoms with E-state index in [9.17, 15) is 36.2 Å². The normalized spacial score (nSPS) is 16.0. The summed E-state index contributed by atoms with van der Waals surface area (Å²) < 4.78 is 69.0. The zero-order chi connectivity index (χ0) is 24.2. The van der Waals surface area contributed by atoms with E-state index in [0.29, 0.717) is 31.7 Å². The first-order valence-electron chi connectivity index (χ1n) is 9.14. The lowest BCUT2D eigenvalue weighted by Crippen LogP contribution is -2.43. The number of pyridine rings is 1. The number of carbonyl (C=O) groups is 2. The minimum Gasteiger partial charge on any atom is -0.475 e. The van der Waals surface area contributed by atoms with Crippen LogP contribution in [0.15, 0.2) is 48.7 Å². The van der Waals surface area contributed by atoms with Gasteiger partial charge in [-0.15, -0.1) is 0 Å². The van der Waals surface area contributed by atoms with Crippen LogP contribution in [0.1, 0.15) is 28.8 Å². The van der Waals surface area contributed by atoms with Gasteiger partial charge in [-0.05, 0) is 30.5 Å². The highest BCUT2D eigenvalue weighted by Crippen LogP contribution is 2.34. The number of nitrogens with zero attached hydrogens (tertiary/aromatic N) is 2. The zero-order valence-electron chi connectivity index (χ0n) is 16.3. The van der Waals surface area contributed by atoms with Gasteiger partial charge in [-0.25, -0.2) is 9.78 Å². The number of ketones is 1. The molecular formula is C20H18F6N2O4. The van der Waals surface area contributed by atoms with Crippen LogP contribution >= 0.6 is 0 Å². The van der Waals surface area contributed by atoms with E-state index in [1.807, 2.05) is 35.2 Å². The fraction of sp³-hybridized carbons (Fsp3) is 0.350. The van der Waals surface area contributed by atoms with Crippen molar-refractivity contribution in [1.29, 1.82) is 0 Å². The third-order valence-electron chi connectivity index (χ3n) is 4.74. The van der Waals surface area contributed by atoms with Gasteiger partial charge in [-0.2, -0.15) is 26.3 Å². The molecule has 0 aliphatic carbocycles. The van der Waals surface area contributed by atoms with Crippen molar-refractivity contribution in [2.45, 2.75) is 30.8 Å². The Bertz CT molecular complexity index is 922. The average molecular weight is 464 g/mol. The largest absolute Gasteiger partial charge is 0.490 e. The minimum atomic E-state index is -5.08. The Morgan fingerprint density at radius 1 is 0.906 bits per heavy atom. The molecule has 0 saturated carbocycles. The standard InChI is InChI=1S/C18H17F3N2O2.C2HF3O2/c19-18(20,21)16(24)13-6-7-15(22-12-13)23-10-8-17(25,9-11-23)14-4-2-1-3-5-14;3-2(4,5)1(6)7/h1-7,12,25H,8-11H2;(H,6,7). The van der Waals surface area contributed by atoms with Crippen molar-refractivity contribution in [2.75, 3.05) is 18.0 Å². The van der Waals surface area contributed by atoms with Crippen molar-refractivity contribution >= 4 is 17.6 Å². The molecule has 0 unspecified atom stereocenters. The lowest BCUT2D eigenvalue weighted by molar-refractivity contribution is -0.192. The molecule has 1 fully saturated rings. The molecule has 1 aromatic heterocycles. The fourth-order valence-corrected chi connectivity index (χ4v) is 3.01. The summed E-state index contributed by atoms with van der Waals surface area (Å²) in [5.74, 6) is -4.16. The number of alkyl halides is 6. The van der Waals surface area contributed by atoms with E-state index in [4.69, 9.17) is 9.90 Å². The van der Waals surface area contributed by atoms with Gasteiger partial charge in [0.25, 0.3) is 5.78 Å². The number of anilines is 1. The maximum Gasteiger partial charge on any atom is 0.490 e. The molecule has 0 atom stereocenters. The second-order valence-corrected chi connectivity index (χ2v) is 6.92. The van der Waals surface area contributed by atoms with E-state index >= 15 is 0 Å². The number of hydrogen-bond acceptors (Lipinski definition) is 5. The van der Waals surface area contributed by atoms with E-state index in [2.05, 4.69) is 4.98 Å². The predicted molar refractivity (Wildman–Crippen MR) is 100 cm³/mol. The molecule has 1 saturated heterocycles. The Labute approximate surface area is 178 Å². The van der Waals surface area contributed by atoms with Crippen LogP contribution in [0.2, 0.25) is 0 Å². The first kappa shape index (κ1) is 25.1. The van der Waals surface area contributed by atoms with Gasteiger partial charge in [0.05, 0.1) is 5.60 Å². The third-order valence-corrected chi connectivity index (χ3v) is 4.74. The summed E-state index contributed by atoms with van der Waals surface area (Å²) in [6, 6.07) is 11.9. The van der Waals surface area contributed by atoms with Crippen molar-refractivity contribution in [2.24, 2.45) is 0 Å². The number of piperidine rings is 1. The van der Waals surface area contributed by atoms with Crippen LogP contribution in [0.5, 0.6) is 0 Å². The molecule has 2 aromatic rings. The number of aromatic nitrogens is 1. The number of carboxylic acid groups (broad SMARTS) is 1. The summed E-state index contributed by atoms with van der Waals surface area (Å²) in [7, 11) is 0. The molecule has 2 N–H and O–H groups in total. The number of rotatable bonds is 3. The van der Waals surface area contributed by atoms with Gasteiger partial charge in [-0.3, -0.25) is 4.79 Å². The van der Waals surface area contributed by atoms with Crippen LogP contribution in [0.4, 0.5) is 32.2 Å². The highest BCUT2D eigenvalue weighted by molar-refractivity contribution is 6.00. The number of benzene rings is 1. The molecule has 0 spiro atoms. The molecule has 3 rings (SSSR count). The molecule has 0 radical (unpaired) electrons. The zero-order valence-corrected chi connectivity index (χ0v) is 16.3. The molecule has 174 valence electrons. The van der Waals surface area contributed by atoms with Crippen LogP contribution in [0.3, 0.4) is 0 Å². The van der Waals surface area contributed by atoms with Gasteiger partial charge in [0.1, 0.15) is 5.82 Å². The van der Waals surface area contributed by atoms with Crippen LogP contribution in [0.25, 0.3) is 0 Å². The van der Waals surface area contributed by atoms with Gasteiger partial charge < -0.3 is 15.1 Å². The molecule has 12 heteroatoms. The lowest BCUT2D eigenvalue weighted by Gasteiger charge is -2.39. The number of hydrogen-bond donors (Lipinski definition) is 2. The van der Waals surface area contributed by atoms with Crippen LogP contribution < -0.4 is 4.90 Å². The molecular weight excluding hydrogens is 446 g/mol. The minimum absolute atomic E-state index is 0.478. The fourth-order valence-electron chi connectivity index (χ4n) is 3.01. The van der Waals surface area contributed by atoms with Crippen LogP contribution in [0, 0.1) is 0 Å². The smallest absolute Gasteiger partial charge is 0.475 e. The van der Waals surface area contributed by atoms with Gasteiger partial charge in [0.15, 0.2) is 0 Å². The Kier molecular flexibility index (Phi) is 7.50. The van der Waals surface area contributed by atoms with Gasteiger partial charge in [0.2, 0.25) is 0 Å². The highest BCUT2D eigenvalue weighted by atomic mass is 19.4. The van der Waals surface area contributed by atoms with Gasteiger partial charge in [0, 0.05) is 24.8 Å². The number of carbonyl (C=O) groups excluding carboxylic acids is 1. The van der Waals surface area contributed by atoms with E-state index in [1.165, 1.54) is 6.07 Å². The Hall–Kier alpha value is -3.15. The second-order valence-electron chi connectivity index (χ2n) is 6.92. The van der Waals surface area contributed by atoms with Crippen molar-refractivity contribution in [3.05, 3.63) is 59.8 Å². The van der Waals surface area contributed by atoms with Crippen molar-refractivity contribution in [3.8, 4) is 0 Å². The summed E-state index contributed by atoms with van der Waals surface area (Å²) >= 11 is 0. The number of Topliss-reactive ketones (excluding diaryl/α,β-unsaturated/α-hetero) is 1. The summed E-state index contributed by atoms with van der Waals surface area (Å²) in [6.07, 6.45) is -8.06. The first-order valence-corrected chi connectivity index (χ1v) is 9.14. The third kappa shape index (κ3) is 6.42. The second kappa shape index (κ2) is 9.55. The molecule has 1 aromatic carbocycles. The lowest BCUT2D eigenvalue weighted by atomic mass is 9.84. The Morgan fingerprint density at radius 3 is 1.84 bits per heavy atom.